The SMILES string of the molecule is O=S(=O)(Cl)CC(F)C1CCCCCC1. The van der Waals surface area contributed by atoms with E-state index >= 15 is 0 Å². The summed E-state index contributed by atoms with van der Waals surface area (Å²) in [4.78, 5) is 0. The molecule has 0 heterocycles. The summed E-state index contributed by atoms with van der Waals surface area (Å²) in [7, 11) is 1.33. The lowest BCUT2D eigenvalue weighted by atomic mass is 9.96. The highest BCUT2D eigenvalue weighted by molar-refractivity contribution is 8.13. The largest absolute Gasteiger partial charge is 0.246 e. The van der Waals surface area contributed by atoms with Gasteiger partial charge in [-0.15, -0.1) is 0 Å². The Kier molecular flexibility index (Phi) is 4.64. The van der Waals surface area contributed by atoms with E-state index in [1.165, 1.54) is 0 Å². The molecule has 2 nitrogen and oxygen atoms in total. The first-order valence-corrected chi connectivity index (χ1v) is 7.53. The van der Waals surface area contributed by atoms with Crippen LogP contribution in [0.5, 0.6) is 0 Å². The van der Waals surface area contributed by atoms with Gasteiger partial charge in [0.15, 0.2) is 0 Å². The van der Waals surface area contributed by atoms with E-state index in [0.717, 1.165) is 38.5 Å². The topological polar surface area (TPSA) is 34.1 Å². The van der Waals surface area contributed by atoms with Gasteiger partial charge in [-0.05, 0) is 18.8 Å². The standard InChI is InChI=1S/C9H16ClFO2S/c10-14(12,13)7-9(11)8-5-3-1-2-4-6-8/h8-9H,1-7H2. The van der Waals surface area contributed by atoms with Crippen molar-refractivity contribution in [1.29, 1.82) is 0 Å². The molecule has 1 aliphatic carbocycles. The summed E-state index contributed by atoms with van der Waals surface area (Å²) in [5, 5.41) is 0. The number of hydrogen-bond acceptors (Lipinski definition) is 2. The molecule has 0 spiro atoms. The summed E-state index contributed by atoms with van der Waals surface area (Å²) in [6.45, 7) is 0. The van der Waals surface area contributed by atoms with Gasteiger partial charge < -0.3 is 0 Å². The maximum Gasteiger partial charge on any atom is 0.235 e. The smallest absolute Gasteiger partial charge is 0.235 e. The summed E-state index contributed by atoms with van der Waals surface area (Å²) in [6, 6.07) is 0. The van der Waals surface area contributed by atoms with Crippen molar-refractivity contribution < 1.29 is 12.8 Å². The summed E-state index contributed by atoms with van der Waals surface area (Å²) in [6.07, 6.45) is 4.60. The molecule has 14 heavy (non-hydrogen) atoms. The van der Waals surface area contributed by atoms with Gasteiger partial charge in [-0.1, -0.05) is 25.7 Å². The lowest BCUT2D eigenvalue weighted by Crippen LogP contribution is -2.22. The van der Waals surface area contributed by atoms with Crippen LogP contribution in [0.2, 0.25) is 0 Å². The second-order valence-electron chi connectivity index (χ2n) is 3.97. The summed E-state index contributed by atoms with van der Waals surface area (Å²) in [5.41, 5.74) is 0. The van der Waals surface area contributed by atoms with Gasteiger partial charge in [0.25, 0.3) is 0 Å². The van der Waals surface area contributed by atoms with E-state index in [1.807, 2.05) is 0 Å². The Morgan fingerprint density at radius 1 is 1.21 bits per heavy atom. The molecule has 1 saturated carbocycles. The van der Waals surface area contributed by atoms with Crippen molar-refractivity contribution >= 4 is 19.7 Å². The third kappa shape index (κ3) is 4.60. The van der Waals surface area contributed by atoms with Crippen LogP contribution in [0.15, 0.2) is 0 Å². The highest BCUT2D eigenvalue weighted by Gasteiger charge is 2.26. The number of halogens is 2. The average Bonchev–Trinajstić information content (AvgIpc) is 2.27. The molecule has 1 unspecified atom stereocenters. The van der Waals surface area contributed by atoms with Crippen LogP contribution in [0.1, 0.15) is 38.5 Å². The Balaban J connectivity index is 2.45. The fraction of sp³-hybridized carbons (Fsp3) is 1.00. The lowest BCUT2D eigenvalue weighted by Gasteiger charge is -2.17. The van der Waals surface area contributed by atoms with Crippen LogP contribution in [0.4, 0.5) is 4.39 Å². The molecule has 0 aromatic heterocycles. The van der Waals surface area contributed by atoms with Crippen molar-refractivity contribution in [3.63, 3.8) is 0 Å². The van der Waals surface area contributed by atoms with Gasteiger partial charge in [-0.25, -0.2) is 12.8 Å². The van der Waals surface area contributed by atoms with Crippen molar-refractivity contribution in [2.45, 2.75) is 44.7 Å². The van der Waals surface area contributed by atoms with Crippen LogP contribution >= 0.6 is 10.7 Å². The molecule has 0 aromatic carbocycles. The highest BCUT2D eigenvalue weighted by Crippen LogP contribution is 2.28. The van der Waals surface area contributed by atoms with Crippen LogP contribution in [0.25, 0.3) is 0 Å². The molecule has 1 aliphatic rings. The molecule has 1 rings (SSSR count). The molecule has 1 fully saturated rings. The Morgan fingerprint density at radius 3 is 2.14 bits per heavy atom. The maximum atomic E-state index is 13.5. The van der Waals surface area contributed by atoms with E-state index in [2.05, 4.69) is 0 Å². The van der Waals surface area contributed by atoms with Gasteiger partial charge >= 0.3 is 0 Å². The first kappa shape index (κ1) is 12.2. The normalized spacial score (nSPS) is 23.0. The first-order chi connectivity index (χ1) is 6.49. The lowest BCUT2D eigenvalue weighted by molar-refractivity contribution is 0.231. The van der Waals surface area contributed by atoms with E-state index in [9.17, 15) is 12.8 Å². The highest BCUT2D eigenvalue weighted by atomic mass is 35.7. The molecular formula is C9H16ClFO2S. The monoisotopic (exact) mass is 242 g/mol. The molecule has 0 bridgehead atoms. The third-order valence-corrected chi connectivity index (χ3v) is 3.86. The van der Waals surface area contributed by atoms with Crippen LogP contribution in [-0.2, 0) is 9.05 Å². The van der Waals surface area contributed by atoms with Crippen molar-refractivity contribution in [3.05, 3.63) is 0 Å². The second-order valence-corrected chi connectivity index (χ2v) is 6.79. The molecule has 84 valence electrons. The van der Waals surface area contributed by atoms with Crippen molar-refractivity contribution in [2.75, 3.05) is 5.75 Å². The van der Waals surface area contributed by atoms with Crippen LogP contribution < -0.4 is 0 Å². The first-order valence-electron chi connectivity index (χ1n) is 5.05. The van der Waals surface area contributed by atoms with Crippen molar-refractivity contribution in [2.24, 2.45) is 5.92 Å². The van der Waals surface area contributed by atoms with Crippen LogP contribution in [0, 0.1) is 5.92 Å². The fourth-order valence-corrected chi connectivity index (χ4v) is 3.01. The second kappa shape index (κ2) is 5.31. The Labute approximate surface area is 89.3 Å². The predicted octanol–water partition coefficient (Wildman–Crippen LogP) is 2.86. The predicted molar refractivity (Wildman–Crippen MR) is 55.7 cm³/mol. The zero-order valence-electron chi connectivity index (χ0n) is 8.09. The Bertz CT molecular complexity index is 258. The van der Waals surface area contributed by atoms with E-state index in [-0.39, 0.29) is 5.92 Å². The van der Waals surface area contributed by atoms with E-state index < -0.39 is 21.0 Å². The molecule has 0 aliphatic heterocycles. The Morgan fingerprint density at radius 2 is 1.71 bits per heavy atom. The quantitative estimate of drug-likeness (QED) is 0.563. The molecule has 1 atom stereocenters. The average molecular weight is 243 g/mol. The van der Waals surface area contributed by atoms with Gasteiger partial charge in [-0.2, -0.15) is 0 Å². The van der Waals surface area contributed by atoms with Gasteiger partial charge in [0.2, 0.25) is 9.05 Å². The molecular weight excluding hydrogens is 227 g/mol. The molecule has 0 N–H and O–H groups in total. The number of alkyl halides is 1. The summed E-state index contributed by atoms with van der Waals surface area (Å²) >= 11 is 0. The Hall–Kier alpha value is 0.170. The molecule has 0 radical (unpaired) electrons. The van der Waals surface area contributed by atoms with E-state index in [0.29, 0.717) is 0 Å². The van der Waals surface area contributed by atoms with E-state index in [1.54, 1.807) is 0 Å². The molecule has 5 heteroatoms. The molecule has 0 saturated heterocycles. The minimum Gasteiger partial charge on any atom is -0.246 e. The zero-order chi connectivity index (χ0) is 10.6. The van der Waals surface area contributed by atoms with Gasteiger partial charge in [0.05, 0.1) is 5.75 Å². The van der Waals surface area contributed by atoms with Gasteiger partial charge in [0, 0.05) is 10.7 Å². The minimum atomic E-state index is -3.69. The number of hydrogen-bond donors (Lipinski definition) is 0. The van der Waals surface area contributed by atoms with Crippen LogP contribution in [0.3, 0.4) is 0 Å². The summed E-state index contributed by atoms with van der Waals surface area (Å²) in [5.74, 6) is -0.634. The van der Waals surface area contributed by atoms with E-state index in [4.69, 9.17) is 10.7 Å². The zero-order valence-corrected chi connectivity index (χ0v) is 9.66. The minimum absolute atomic E-state index is 0.106. The number of rotatable bonds is 3. The van der Waals surface area contributed by atoms with Crippen LogP contribution in [-0.4, -0.2) is 20.3 Å². The third-order valence-electron chi connectivity index (χ3n) is 2.77. The molecule has 0 aromatic rings. The van der Waals surface area contributed by atoms with Crippen molar-refractivity contribution in [1.82, 2.24) is 0 Å². The van der Waals surface area contributed by atoms with Gasteiger partial charge in [0.1, 0.15) is 6.17 Å². The summed E-state index contributed by atoms with van der Waals surface area (Å²) < 4.78 is 34.9. The fourth-order valence-electron chi connectivity index (χ4n) is 2.00. The van der Waals surface area contributed by atoms with Gasteiger partial charge in [-0.3, -0.25) is 0 Å². The molecule has 0 amide bonds. The maximum absolute atomic E-state index is 13.5. The van der Waals surface area contributed by atoms with Crippen molar-refractivity contribution in [3.8, 4) is 0 Å².